The molecule has 0 bridgehead atoms. The Morgan fingerprint density at radius 2 is 2.29 bits per heavy atom. The summed E-state index contributed by atoms with van der Waals surface area (Å²) in [5, 5.41) is 3.81. The molecule has 0 aromatic carbocycles. The van der Waals surface area contributed by atoms with Crippen molar-refractivity contribution in [3.05, 3.63) is 11.9 Å². The third-order valence-electron chi connectivity index (χ3n) is 1.90. The van der Waals surface area contributed by atoms with Gasteiger partial charge in [0.2, 0.25) is 0 Å². The van der Waals surface area contributed by atoms with Crippen molar-refractivity contribution in [1.82, 2.24) is 9.97 Å². The van der Waals surface area contributed by atoms with Crippen molar-refractivity contribution in [2.75, 3.05) is 25.7 Å². The van der Waals surface area contributed by atoms with Crippen LogP contribution in [0.1, 0.15) is 12.6 Å². The summed E-state index contributed by atoms with van der Waals surface area (Å²) in [5.41, 5.74) is 2.69. The predicted octanol–water partition coefficient (Wildman–Crippen LogP) is 1.68. The fourth-order valence-electron chi connectivity index (χ4n) is 1.03. The van der Waals surface area contributed by atoms with E-state index in [1.165, 1.54) is 11.8 Å². The van der Waals surface area contributed by atoms with E-state index in [4.69, 9.17) is 0 Å². The summed E-state index contributed by atoms with van der Waals surface area (Å²) in [6.45, 7) is 1.94. The predicted molar refractivity (Wildman–Crippen MR) is 61.5 cm³/mol. The average Bonchev–Trinajstić information content (AvgIpc) is 2.27. The van der Waals surface area contributed by atoms with Gasteiger partial charge in [0.1, 0.15) is 5.69 Å². The number of rotatable bonds is 3. The molecule has 0 atom stereocenters. The van der Waals surface area contributed by atoms with Gasteiger partial charge in [-0.25, -0.2) is 9.97 Å². The lowest BCUT2D eigenvalue weighted by molar-refractivity contribution is 0.960. The Morgan fingerprint density at radius 3 is 2.79 bits per heavy atom. The van der Waals surface area contributed by atoms with Gasteiger partial charge in [0.15, 0.2) is 5.16 Å². The van der Waals surface area contributed by atoms with Gasteiger partial charge in [-0.2, -0.15) is 0 Å². The third kappa shape index (κ3) is 2.23. The van der Waals surface area contributed by atoms with Crippen LogP contribution in [0.2, 0.25) is 0 Å². The molecule has 4 nitrogen and oxygen atoms in total. The van der Waals surface area contributed by atoms with Gasteiger partial charge < -0.3 is 5.32 Å². The first kappa shape index (κ1) is 11.0. The first-order valence-electron chi connectivity index (χ1n) is 4.25. The van der Waals surface area contributed by atoms with Crippen molar-refractivity contribution < 1.29 is 0 Å². The summed E-state index contributed by atoms with van der Waals surface area (Å²) >= 11 is 1.53. The van der Waals surface area contributed by atoms with Crippen LogP contribution in [0.25, 0.3) is 0 Å². The molecule has 1 heterocycles. The van der Waals surface area contributed by atoms with Gasteiger partial charge in [0.05, 0.1) is 17.6 Å². The highest BCUT2D eigenvalue weighted by atomic mass is 32.2. The van der Waals surface area contributed by atoms with E-state index in [2.05, 4.69) is 20.3 Å². The van der Waals surface area contributed by atoms with Gasteiger partial charge in [-0.1, -0.05) is 11.8 Å². The van der Waals surface area contributed by atoms with Crippen LogP contribution in [0.5, 0.6) is 0 Å². The van der Waals surface area contributed by atoms with E-state index in [0.717, 1.165) is 22.2 Å². The smallest absolute Gasteiger partial charge is 0.187 e. The zero-order valence-electron chi connectivity index (χ0n) is 8.83. The summed E-state index contributed by atoms with van der Waals surface area (Å²) < 4.78 is 0. The molecule has 0 aliphatic carbocycles. The lowest BCUT2D eigenvalue weighted by Gasteiger charge is -2.07. The molecule has 1 rings (SSSR count). The van der Waals surface area contributed by atoms with Crippen LogP contribution in [0.3, 0.4) is 0 Å². The van der Waals surface area contributed by atoms with E-state index in [0.29, 0.717) is 0 Å². The second kappa shape index (κ2) is 4.95. The van der Waals surface area contributed by atoms with Crippen molar-refractivity contribution in [3.8, 4) is 0 Å². The first-order valence-corrected chi connectivity index (χ1v) is 5.48. The fraction of sp³-hybridized carbons (Fsp3) is 0.444. The standard InChI is InChI=1S/C9H14N4S/c1-6(10-2)8-7(11-3)5-12-9(13-8)14-4/h5,11H,1-4H3. The summed E-state index contributed by atoms with van der Waals surface area (Å²) in [5.74, 6) is 0. The number of nitrogens with zero attached hydrogens (tertiary/aromatic N) is 3. The van der Waals surface area contributed by atoms with Crippen molar-refractivity contribution in [1.29, 1.82) is 0 Å². The monoisotopic (exact) mass is 210 g/mol. The Morgan fingerprint density at radius 1 is 1.57 bits per heavy atom. The topological polar surface area (TPSA) is 50.2 Å². The molecule has 76 valence electrons. The molecule has 1 N–H and O–H groups in total. The number of nitrogens with one attached hydrogen (secondary N) is 1. The minimum Gasteiger partial charge on any atom is -0.385 e. The van der Waals surface area contributed by atoms with Gasteiger partial charge in [0, 0.05) is 14.1 Å². The van der Waals surface area contributed by atoms with Gasteiger partial charge >= 0.3 is 0 Å². The minimum atomic E-state index is 0.766. The number of anilines is 1. The molecule has 1 aromatic rings. The lowest BCUT2D eigenvalue weighted by atomic mass is 10.2. The number of hydrogen-bond donors (Lipinski definition) is 1. The van der Waals surface area contributed by atoms with Crippen LogP contribution in [0, 0.1) is 0 Å². The quantitative estimate of drug-likeness (QED) is 0.468. The lowest BCUT2D eigenvalue weighted by Crippen LogP contribution is -2.06. The average molecular weight is 210 g/mol. The number of hydrogen-bond acceptors (Lipinski definition) is 5. The molecule has 0 saturated carbocycles. The highest BCUT2D eigenvalue weighted by molar-refractivity contribution is 7.98. The molecule has 0 spiro atoms. The van der Waals surface area contributed by atoms with Gasteiger partial charge in [-0.3, -0.25) is 4.99 Å². The van der Waals surface area contributed by atoms with Crippen molar-refractivity contribution in [2.45, 2.75) is 12.1 Å². The molecule has 0 aliphatic heterocycles. The van der Waals surface area contributed by atoms with E-state index in [-0.39, 0.29) is 0 Å². The third-order valence-corrected chi connectivity index (χ3v) is 2.46. The van der Waals surface area contributed by atoms with E-state index in [9.17, 15) is 0 Å². The van der Waals surface area contributed by atoms with Crippen molar-refractivity contribution in [2.24, 2.45) is 4.99 Å². The Kier molecular flexibility index (Phi) is 3.88. The van der Waals surface area contributed by atoms with E-state index >= 15 is 0 Å². The summed E-state index contributed by atoms with van der Waals surface area (Å²) in [6.07, 6.45) is 3.74. The van der Waals surface area contributed by atoms with Gasteiger partial charge in [-0.05, 0) is 13.2 Å². The summed E-state index contributed by atoms with van der Waals surface area (Å²) in [4.78, 5) is 12.7. The fourth-order valence-corrected chi connectivity index (χ4v) is 1.37. The highest BCUT2D eigenvalue weighted by Crippen LogP contribution is 2.16. The maximum Gasteiger partial charge on any atom is 0.187 e. The number of aromatic nitrogens is 2. The van der Waals surface area contributed by atoms with Gasteiger partial charge in [0.25, 0.3) is 0 Å². The largest absolute Gasteiger partial charge is 0.385 e. The number of thioether (sulfide) groups is 1. The van der Waals surface area contributed by atoms with Crippen molar-refractivity contribution >= 4 is 23.2 Å². The van der Waals surface area contributed by atoms with Gasteiger partial charge in [-0.15, -0.1) is 0 Å². The van der Waals surface area contributed by atoms with Crippen LogP contribution in [-0.2, 0) is 0 Å². The van der Waals surface area contributed by atoms with Crippen LogP contribution in [0.4, 0.5) is 5.69 Å². The maximum absolute atomic E-state index is 4.39. The molecule has 0 fully saturated rings. The zero-order valence-corrected chi connectivity index (χ0v) is 9.64. The molecule has 0 radical (unpaired) electrons. The molecule has 14 heavy (non-hydrogen) atoms. The molecule has 0 unspecified atom stereocenters. The molecular formula is C9H14N4S. The zero-order chi connectivity index (χ0) is 10.6. The molecule has 1 aromatic heterocycles. The Balaban J connectivity index is 3.21. The summed E-state index contributed by atoms with van der Waals surface area (Å²) in [7, 11) is 3.61. The Bertz CT molecular complexity index is 349. The Labute approximate surface area is 88.3 Å². The molecule has 0 aliphatic rings. The molecular weight excluding hydrogens is 196 g/mol. The highest BCUT2D eigenvalue weighted by Gasteiger charge is 2.07. The molecule has 0 saturated heterocycles. The normalized spacial score (nSPS) is 11.6. The first-order chi connectivity index (χ1) is 6.72. The Hall–Kier alpha value is -1.10. The van der Waals surface area contributed by atoms with Crippen LogP contribution < -0.4 is 5.32 Å². The van der Waals surface area contributed by atoms with Crippen LogP contribution in [-0.4, -0.2) is 36.0 Å². The van der Waals surface area contributed by atoms with Crippen molar-refractivity contribution in [3.63, 3.8) is 0 Å². The second-order valence-corrected chi connectivity index (χ2v) is 3.45. The van der Waals surface area contributed by atoms with E-state index < -0.39 is 0 Å². The minimum absolute atomic E-state index is 0.766. The van der Waals surface area contributed by atoms with E-state index in [1.54, 1.807) is 13.2 Å². The van der Waals surface area contributed by atoms with E-state index in [1.807, 2.05) is 20.2 Å². The molecule has 5 heteroatoms. The summed E-state index contributed by atoms with van der Waals surface area (Å²) in [6, 6.07) is 0. The second-order valence-electron chi connectivity index (χ2n) is 2.68. The number of aliphatic imine (C=N–C) groups is 1. The van der Waals surface area contributed by atoms with Crippen LogP contribution >= 0.6 is 11.8 Å². The molecule has 0 amide bonds. The SMILES string of the molecule is CN=C(C)c1nc(SC)ncc1NC. The van der Waals surface area contributed by atoms with Crippen LogP contribution in [0.15, 0.2) is 16.3 Å². The maximum atomic E-state index is 4.39.